The number of likely N-dealkylation sites (N-methyl/N-ethyl adjacent to an activating group) is 1. The van der Waals surface area contributed by atoms with E-state index in [1.54, 1.807) is 0 Å². The molecule has 0 radical (unpaired) electrons. The monoisotopic (exact) mass is 270 g/mol. The predicted octanol–water partition coefficient (Wildman–Crippen LogP) is 3.34. The molecule has 0 spiro atoms. The van der Waals surface area contributed by atoms with Crippen molar-refractivity contribution in [3.8, 4) is 0 Å². The van der Waals surface area contributed by atoms with Crippen molar-refractivity contribution in [2.24, 2.45) is 0 Å². The van der Waals surface area contributed by atoms with Crippen molar-refractivity contribution in [2.45, 2.75) is 39.2 Å². The molecule has 0 fully saturated rings. The average Bonchev–Trinajstić information content (AvgIpc) is 2.22. The van der Waals surface area contributed by atoms with Gasteiger partial charge >= 0.3 is 0 Å². The fourth-order valence-electron chi connectivity index (χ4n) is 1.92. The topological polar surface area (TPSA) is 24.9 Å². The van der Waals surface area contributed by atoms with Gasteiger partial charge in [0.25, 0.3) is 0 Å². The van der Waals surface area contributed by atoms with E-state index < -0.39 is 0 Å². The number of nitrogens with zero attached hydrogens (tertiary/aromatic N) is 1. The van der Waals surface area contributed by atoms with Gasteiger partial charge in [-0.25, -0.2) is 0 Å². The molecule has 0 aliphatic rings. The second-order valence-electron chi connectivity index (χ2n) is 3.73. The highest BCUT2D eigenvalue weighted by Gasteiger charge is 2.19. The zero-order valence-corrected chi connectivity index (χ0v) is 11.2. The minimum Gasteiger partial charge on any atom is -0.314 e. The lowest BCUT2D eigenvalue weighted by Crippen LogP contribution is -2.32. The van der Waals surface area contributed by atoms with E-state index in [0.717, 1.165) is 23.1 Å². The smallest absolute Gasteiger partial charge is 0.0591 e. The van der Waals surface area contributed by atoms with Gasteiger partial charge in [-0.1, -0.05) is 13.8 Å². The zero-order chi connectivity index (χ0) is 11.3. The molecule has 0 amide bonds. The fraction of sp³-hybridized carbons (Fsp3) is 0.583. The normalized spacial score (nSPS) is 14.9. The number of hydrogen-bond acceptors (Lipinski definition) is 2. The number of nitrogens with one attached hydrogen (secondary N) is 1. The standard InChI is InChI=1S/C12H19BrN2/c1-4-10(9(3)14-5-2)12-11(13)7-6-8-15-12/h6-10,14H,4-5H2,1-3H3. The molecule has 1 aromatic rings. The fourth-order valence-corrected chi connectivity index (χ4v) is 2.47. The minimum atomic E-state index is 0.464. The molecule has 0 aromatic carbocycles. The number of rotatable bonds is 5. The summed E-state index contributed by atoms with van der Waals surface area (Å²) in [4.78, 5) is 4.47. The molecule has 0 saturated heterocycles. The van der Waals surface area contributed by atoms with Crippen molar-refractivity contribution in [2.75, 3.05) is 6.54 Å². The molecule has 0 saturated carbocycles. The van der Waals surface area contributed by atoms with Crippen LogP contribution < -0.4 is 5.32 Å². The molecule has 1 N–H and O–H groups in total. The molecule has 1 rings (SSSR count). The van der Waals surface area contributed by atoms with Gasteiger partial charge < -0.3 is 5.32 Å². The van der Waals surface area contributed by atoms with Crippen LogP contribution in [0.1, 0.15) is 38.8 Å². The van der Waals surface area contributed by atoms with Gasteiger partial charge in [-0.05, 0) is 48.0 Å². The third kappa shape index (κ3) is 3.28. The number of aromatic nitrogens is 1. The van der Waals surface area contributed by atoms with Crippen LogP contribution in [0.5, 0.6) is 0 Å². The molecule has 0 bridgehead atoms. The van der Waals surface area contributed by atoms with Crippen molar-refractivity contribution in [1.82, 2.24) is 10.3 Å². The zero-order valence-electron chi connectivity index (χ0n) is 9.63. The van der Waals surface area contributed by atoms with Crippen LogP contribution in [0.4, 0.5) is 0 Å². The first-order valence-corrected chi connectivity index (χ1v) is 6.33. The summed E-state index contributed by atoms with van der Waals surface area (Å²) in [5.74, 6) is 0.473. The molecule has 2 atom stereocenters. The number of pyridine rings is 1. The van der Waals surface area contributed by atoms with E-state index in [1.165, 1.54) is 0 Å². The van der Waals surface area contributed by atoms with E-state index >= 15 is 0 Å². The Bertz CT molecular complexity index is 301. The first kappa shape index (κ1) is 12.7. The summed E-state index contributed by atoms with van der Waals surface area (Å²) in [5.41, 5.74) is 1.16. The highest BCUT2D eigenvalue weighted by atomic mass is 79.9. The summed E-state index contributed by atoms with van der Waals surface area (Å²) >= 11 is 3.57. The molecular weight excluding hydrogens is 252 g/mol. The van der Waals surface area contributed by atoms with Gasteiger partial charge in [0, 0.05) is 22.6 Å². The maximum Gasteiger partial charge on any atom is 0.0591 e. The lowest BCUT2D eigenvalue weighted by Gasteiger charge is -2.23. The number of hydrogen-bond donors (Lipinski definition) is 1. The summed E-state index contributed by atoms with van der Waals surface area (Å²) in [6.07, 6.45) is 2.96. The van der Waals surface area contributed by atoms with Gasteiger partial charge in [-0.2, -0.15) is 0 Å². The van der Waals surface area contributed by atoms with Crippen molar-refractivity contribution in [1.29, 1.82) is 0 Å². The highest BCUT2D eigenvalue weighted by molar-refractivity contribution is 9.10. The third-order valence-corrected chi connectivity index (χ3v) is 3.38. The Hall–Kier alpha value is -0.410. The second kappa shape index (κ2) is 6.23. The van der Waals surface area contributed by atoms with Gasteiger partial charge in [0.1, 0.15) is 0 Å². The van der Waals surface area contributed by atoms with Crippen LogP contribution in [0, 0.1) is 0 Å². The van der Waals surface area contributed by atoms with E-state index in [9.17, 15) is 0 Å². The Morgan fingerprint density at radius 1 is 1.47 bits per heavy atom. The first-order valence-electron chi connectivity index (χ1n) is 5.54. The summed E-state index contributed by atoms with van der Waals surface area (Å²) < 4.78 is 1.11. The van der Waals surface area contributed by atoms with Gasteiger partial charge in [0.15, 0.2) is 0 Å². The van der Waals surface area contributed by atoms with Gasteiger partial charge in [-0.15, -0.1) is 0 Å². The highest BCUT2D eigenvalue weighted by Crippen LogP contribution is 2.27. The number of halogens is 1. The Kier molecular flexibility index (Phi) is 5.26. The van der Waals surface area contributed by atoms with E-state index in [2.05, 4.69) is 53.1 Å². The van der Waals surface area contributed by atoms with Crippen molar-refractivity contribution in [3.63, 3.8) is 0 Å². The summed E-state index contributed by atoms with van der Waals surface area (Å²) in [6.45, 7) is 7.57. The van der Waals surface area contributed by atoms with Crippen LogP contribution in [0.2, 0.25) is 0 Å². The largest absolute Gasteiger partial charge is 0.314 e. The summed E-state index contributed by atoms with van der Waals surface area (Å²) in [5, 5.41) is 3.46. The Morgan fingerprint density at radius 2 is 2.20 bits per heavy atom. The molecule has 3 heteroatoms. The summed E-state index contributed by atoms with van der Waals surface area (Å²) in [6, 6.07) is 4.48. The van der Waals surface area contributed by atoms with Crippen LogP contribution in [0.25, 0.3) is 0 Å². The Labute approximate surface area is 101 Å². The van der Waals surface area contributed by atoms with Crippen LogP contribution in [0.3, 0.4) is 0 Å². The predicted molar refractivity (Wildman–Crippen MR) is 68.1 cm³/mol. The first-order chi connectivity index (χ1) is 7.20. The van der Waals surface area contributed by atoms with E-state index in [0.29, 0.717) is 12.0 Å². The van der Waals surface area contributed by atoms with Crippen molar-refractivity contribution >= 4 is 15.9 Å². The Balaban J connectivity index is 2.87. The van der Waals surface area contributed by atoms with Crippen LogP contribution in [-0.4, -0.2) is 17.6 Å². The van der Waals surface area contributed by atoms with E-state index in [4.69, 9.17) is 0 Å². The van der Waals surface area contributed by atoms with Gasteiger partial charge in [-0.3, -0.25) is 4.98 Å². The lowest BCUT2D eigenvalue weighted by atomic mass is 9.94. The molecule has 0 aliphatic carbocycles. The molecule has 0 aliphatic heterocycles. The maximum absolute atomic E-state index is 4.47. The van der Waals surface area contributed by atoms with Crippen LogP contribution in [-0.2, 0) is 0 Å². The molecule has 84 valence electrons. The van der Waals surface area contributed by atoms with Crippen LogP contribution in [0.15, 0.2) is 22.8 Å². The SMILES string of the molecule is CCNC(C)C(CC)c1ncccc1Br. The summed E-state index contributed by atoms with van der Waals surface area (Å²) in [7, 11) is 0. The molecule has 15 heavy (non-hydrogen) atoms. The van der Waals surface area contributed by atoms with Gasteiger partial charge in [0.2, 0.25) is 0 Å². The minimum absolute atomic E-state index is 0.464. The molecule has 1 heterocycles. The second-order valence-corrected chi connectivity index (χ2v) is 4.59. The lowest BCUT2D eigenvalue weighted by molar-refractivity contribution is 0.451. The molecule has 2 unspecified atom stereocenters. The maximum atomic E-state index is 4.47. The van der Waals surface area contributed by atoms with Crippen LogP contribution >= 0.6 is 15.9 Å². The van der Waals surface area contributed by atoms with Gasteiger partial charge in [0.05, 0.1) is 5.69 Å². The molecule has 1 aromatic heterocycles. The van der Waals surface area contributed by atoms with E-state index in [-0.39, 0.29) is 0 Å². The quantitative estimate of drug-likeness (QED) is 0.888. The molecular formula is C12H19BrN2. The van der Waals surface area contributed by atoms with E-state index in [1.807, 2.05) is 12.3 Å². The molecule has 2 nitrogen and oxygen atoms in total. The Morgan fingerprint density at radius 3 is 2.73 bits per heavy atom. The van der Waals surface area contributed by atoms with Crippen molar-refractivity contribution in [3.05, 3.63) is 28.5 Å². The average molecular weight is 271 g/mol. The van der Waals surface area contributed by atoms with Crippen molar-refractivity contribution < 1.29 is 0 Å². The third-order valence-electron chi connectivity index (χ3n) is 2.71.